The molecule has 140 valence electrons. The fraction of sp³-hybridized carbons (Fsp3) is 0.650. The third-order valence-corrected chi connectivity index (χ3v) is 5.79. The maximum absolute atomic E-state index is 13.5. The minimum atomic E-state index is -0.337. The van der Waals surface area contributed by atoms with Gasteiger partial charge in [-0.1, -0.05) is 25.0 Å². The Morgan fingerprint density at radius 3 is 2.76 bits per heavy atom. The molecule has 0 bridgehead atoms. The van der Waals surface area contributed by atoms with Gasteiger partial charge in [0.1, 0.15) is 5.75 Å². The molecular weight excluding hydrogens is 336 g/mol. The van der Waals surface area contributed by atoms with Crippen molar-refractivity contribution in [3.63, 3.8) is 0 Å². The average Bonchev–Trinajstić information content (AvgIpc) is 3.13. The molecule has 1 aromatic carbocycles. The summed E-state index contributed by atoms with van der Waals surface area (Å²) in [5.41, 5.74) is 0.802. The van der Waals surface area contributed by atoms with Crippen molar-refractivity contribution in [1.82, 2.24) is 10.2 Å². The van der Waals surface area contributed by atoms with E-state index in [9.17, 15) is 4.79 Å². The number of methoxy groups -OCH3 is 1. The number of carbonyl (C=O) groups is 1. The third kappa shape index (κ3) is 4.12. The second-order valence-electron chi connectivity index (χ2n) is 7.34. The summed E-state index contributed by atoms with van der Waals surface area (Å²) >= 11 is 0. The van der Waals surface area contributed by atoms with Gasteiger partial charge in [-0.2, -0.15) is 0 Å². The Hall–Kier alpha value is -1.26. The van der Waals surface area contributed by atoms with E-state index < -0.39 is 0 Å². The van der Waals surface area contributed by atoms with Crippen LogP contribution in [-0.4, -0.2) is 44.6 Å². The summed E-state index contributed by atoms with van der Waals surface area (Å²) in [5, 5.41) is 3.27. The smallest absolute Gasteiger partial charge is 0.233 e. The van der Waals surface area contributed by atoms with Crippen LogP contribution in [0.25, 0.3) is 0 Å². The zero-order valence-corrected chi connectivity index (χ0v) is 16.2. The first-order valence-electron chi connectivity index (χ1n) is 9.28. The first-order valence-corrected chi connectivity index (χ1v) is 9.28. The van der Waals surface area contributed by atoms with Crippen LogP contribution < -0.4 is 10.1 Å². The molecule has 0 radical (unpaired) electrons. The number of piperidine rings is 1. The zero-order chi connectivity index (χ0) is 17.0. The van der Waals surface area contributed by atoms with Crippen molar-refractivity contribution in [1.29, 1.82) is 0 Å². The minimum absolute atomic E-state index is 0. The highest BCUT2D eigenvalue weighted by molar-refractivity contribution is 5.89. The Balaban J connectivity index is 0.00000225. The van der Waals surface area contributed by atoms with Crippen LogP contribution in [0.4, 0.5) is 0 Å². The molecule has 1 atom stereocenters. The molecule has 1 saturated heterocycles. The summed E-state index contributed by atoms with van der Waals surface area (Å²) in [7, 11) is 3.69. The van der Waals surface area contributed by atoms with Gasteiger partial charge >= 0.3 is 0 Å². The van der Waals surface area contributed by atoms with E-state index in [2.05, 4.69) is 22.3 Å². The Morgan fingerprint density at radius 2 is 2.08 bits per heavy atom. The number of carbonyl (C=O) groups excluding carboxylic acids is 1. The van der Waals surface area contributed by atoms with E-state index in [-0.39, 0.29) is 17.8 Å². The molecule has 1 heterocycles. The van der Waals surface area contributed by atoms with Gasteiger partial charge in [0.05, 0.1) is 12.5 Å². The molecule has 3 rings (SSSR count). The molecule has 0 spiro atoms. The number of halogens is 1. The van der Waals surface area contributed by atoms with Gasteiger partial charge in [-0.25, -0.2) is 0 Å². The van der Waals surface area contributed by atoms with Crippen molar-refractivity contribution in [3.05, 3.63) is 29.8 Å². The van der Waals surface area contributed by atoms with Crippen LogP contribution >= 0.6 is 12.4 Å². The molecular formula is C20H31ClN2O2. The molecule has 1 aromatic rings. The standard InChI is InChI=1S/C20H30N2O2.ClH/c1-21-14-16-7-6-12-22(15-16)19(23)20(10-3-4-11-20)17-8-5-9-18(13-17)24-2;/h5,8-9,13,16,21H,3-4,6-7,10-12,14-15H2,1-2H3;1H. The lowest BCUT2D eigenvalue weighted by atomic mass is 9.77. The van der Waals surface area contributed by atoms with Gasteiger partial charge in [0, 0.05) is 13.1 Å². The van der Waals surface area contributed by atoms with Crippen LogP contribution in [0.5, 0.6) is 5.75 Å². The van der Waals surface area contributed by atoms with Crippen LogP contribution in [0.15, 0.2) is 24.3 Å². The Kier molecular flexibility index (Phi) is 7.14. The molecule has 1 saturated carbocycles. The second-order valence-corrected chi connectivity index (χ2v) is 7.34. The Bertz CT molecular complexity index is 571. The van der Waals surface area contributed by atoms with Crippen LogP contribution in [0, 0.1) is 5.92 Å². The van der Waals surface area contributed by atoms with Crippen LogP contribution in [0.2, 0.25) is 0 Å². The van der Waals surface area contributed by atoms with E-state index in [1.807, 2.05) is 19.2 Å². The number of ether oxygens (including phenoxy) is 1. The van der Waals surface area contributed by atoms with Crippen molar-refractivity contribution in [2.24, 2.45) is 5.92 Å². The molecule has 1 aliphatic heterocycles. The van der Waals surface area contributed by atoms with E-state index in [4.69, 9.17) is 4.74 Å². The Labute approximate surface area is 157 Å². The molecule has 0 aromatic heterocycles. The molecule has 1 unspecified atom stereocenters. The fourth-order valence-electron chi connectivity index (χ4n) is 4.53. The average molecular weight is 367 g/mol. The van der Waals surface area contributed by atoms with Crippen LogP contribution in [0.3, 0.4) is 0 Å². The molecule has 2 fully saturated rings. The SMILES string of the molecule is CNCC1CCCN(C(=O)C2(c3cccc(OC)c3)CCCC2)C1.Cl. The topological polar surface area (TPSA) is 41.6 Å². The number of nitrogens with one attached hydrogen (secondary N) is 1. The van der Waals surface area contributed by atoms with Gasteiger partial charge in [-0.05, 0) is 62.9 Å². The molecule has 1 amide bonds. The molecule has 2 aliphatic rings. The van der Waals surface area contributed by atoms with Crippen molar-refractivity contribution in [2.45, 2.75) is 43.9 Å². The lowest BCUT2D eigenvalue weighted by Gasteiger charge is -2.39. The van der Waals surface area contributed by atoms with Crippen molar-refractivity contribution in [3.8, 4) is 5.75 Å². The molecule has 25 heavy (non-hydrogen) atoms. The van der Waals surface area contributed by atoms with Crippen molar-refractivity contribution in [2.75, 3.05) is 33.8 Å². The highest BCUT2D eigenvalue weighted by atomic mass is 35.5. The van der Waals surface area contributed by atoms with E-state index in [1.165, 1.54) is 6.42 Å². The minimum Gasteiger partial charge on any atom is -0.497 e. The number of rotatable bonds is 5. The summed E-state index contributed by atoms with van der Waals surface area (Å²) in [6, 6.07) is 8.15. The lowest BCUT2D eigenvalue weighted by molar-refractivity contribution is -0.139. The lowest BCUT2D eigenvalue weighted by Crippen LogP contribution is -2.50. The first-order chi connectivity index (χ1) is 11.7. The maximum Gasteiger partial charge on any atom is 0.233 e. The quantitative estimate of drug-likeness (QED) is 0.868. The van der Waals surface area contributed by atoms with Crippen LogP contribution in [-0.2, 0) is 10.2 Å². The van der Waals surface area contributed by atoms with Crippen LogP contribution in [0.1, 0.15) is 44.1 Å². The highest BCUT2D eigenvalue weighted by Crippen LogP contribution is 2.44. The monoisotopic (exact) mass is 366 g/mol. The number of hydrogen-bond acceptors (Lipinski definition) is 3. The molecule has 4 nitrogen and oxygen atoms in total. The van der Waals surface area contributed by atoms with E-state index in [1.54, 1.807) is 7.11 Å². The number of hydrogen-bond donors (Lipinski definition) is 1. The first kappa shape index (κ1) is 20.1. The summed E-state index contributed by atoms with van der Waals surface area (Å²) < 4.78 is 5.40. The normalized spacial score (nSPS) is 22.3. The summed E-state index contributed by atoms with van der Waals surface area (Å²) in [6.07, 6.45) is 6.54. The fourth-order valence-corrected chi connectivity index (χ4v) is 4.53. The molecule has 5 heteroatoms. The largest absolute Gasteiger partial charge is 0.497 e. The van der Waals surface area contributed by atoms with Gasteiger partial charge in [0.25, 0.3) is 0 Å². The maximum atomic E-state index is 13.5. The predicted molar refractivity (Wildman–Crippen MR) is 104 cm³/mol. The highest BCUT2D eigenvalue weighted by Gasteiger charge is 2.45. The van der Waals surface area contributed by atoms with Gasteiger partial charge in [-0.3, -0.25) is 4.79 Å². The number of amides is 1. The van der Waals surface area contributed by atoms with Gasteiger partial charge in [0.2, 0.25) is 5.91 Å². The summed E-state index contributed by atoms with van der Waals surface area (Å²) in [6.45, 7) is 2.80. The van der Waals surface area contributed by atoms with Crippen molar-refractivity contribution < 1.29 is 9.53 Å². The zero-order valence-electron chi connectivity index (χ0n) is 15.4. The van der Waals surface area contributed by atoms with Crippen molar-refractivity contribution >= 4 is 18.3 Å². The third-order valence-electron chi connectivity index (χ3n) is 5.79. The Morgan fingerprint density at radius 1 is 1.32 bits per heavy atom. The predicted octanol–water partition coefficient (Wildman–Crippen LogP) is 3.39. The second kappa shape index (κ2) is 8.91. The van der Waals surface area contributed by atoms with Gasteiger partial charge in [0.15, 0.2) is 0 Å². The molecule has 1 aliphatic carbocycles. The van der Waals surface area contributed by atoms with E-state index in [0.29, 0.717) is 11.8 Å². The molecule has 1 N–H and O–H groups in total. The van der Waals surface area contributed by atoms with Gasteiger partial charge in [-0.15, -0.1) is 12.4 Å². The van der Waals surface area contributed by atoms with Gasteiger partial charge < -0.3 is 15.0 Å². The summed E-state index contributed by atoms with van der Waals surface area (Å²) in [4.78, 5) is 15.7. The number of likely N-dealkylation sites (tertiary alicyclic amines) is 1. The summed E-state index contributed by atoms with van der Waals surface area (Å²) in [5.74, 6) is 1.77. The number of nitrogens with zero attached hydrogens (tertiary/aromatic N) is 1. The number of benzene rings is 1. The van der Waals surface area contributed by atoms with E-state index >= 15 is 0 Å². The van der Waals surface area contributed by atoms with E-state index in [0.717, 1.165) is 63.1 Å².